The molecule has 1 aromatic carbocycles. The summed E-state index contributed by atoms with van der Waals surface area (Å²) in [6.45, 7) is 0.727. The Morgan fingerprint density at radius 2 is 2.22 bits per heavy atom. The number of hydrogen-bond acceptors (Lipinski definition) is 3. The summed E-state index contributed by atoms with van der Waals surface area (Å²) in [6, 6.07) is 4.29. The number of nitrogens with zero attached hydrogens (tertiary/aromatic N) is 1. The van der Waals surface area contributed by atoms with Gasteiger partial charge in [0, 0.05) is 19.2 Å². The van der Waals surface area contributed by atoms with Crippen molar-refractivity contribution in [2.45, 2.75) is 6.54 Å². The maximum absolute atomic E-state index is 13.1. The Morgan fingerprint density at radius 1 is 1.56 bits per heavy atom. The average Bonchev–Trinajstić information content (AvgIpc) is 2.30. The summed E-state index contributed by atoms with van der Waals surface area (Å²) in [5.74, 6) is -0.466. The monoisotopic (exact) mass is 269 g/mol. The van der Waals surface area contributed by atoms with Crippen LogP contribution in [0.25, 0.3) is 0 Å². The van der Waals surface area contributed by atoms with E-state index in [2.05, 4.69) is 5.32 Å². The van der Waals surface area contributed by atoms with Gasteiger partial charge in [-0.1, -0.05) is 18.3 Å². The van der Waals surface area contributed by atoms with E-state index < -0.39 is 0 Å². The minimum absolute atomic E-state index is 0.0866. The van der Waals surface area contributed by atoms with Gasteiger partial charge >= 0.3 is 0 Å². The highest BCUT2D eigenvalue weighted by Gasteiger charge is 2.11. The lowest BCUT2D eigenvalue weighted by molar-refractivity contribution is -0.121. The molecule has 98 valence electrons. The van der Waals surface area contributed by atoms with Gasteiger partial charge in [0.1, 0.15) is 10.8 Å². The first kappa shape index (κ1) is 14.5. The molecule has 3 N–H and O–H groups in total. The molecule has 1 aromatic rings. The summed E-state index contributed by atoms with van der Waals surface area (Å²) < 4.78 is 13.1. The van der Waals surface area contributed by atoms with Crippen molar-refractivity contribution in [1.29, 1.82) is 0 Å². The summed E-state index contributed by atoms with van der Waals surface area (Å²) in [7, 11) is 3.37. The zero-order valence-electron chi connectivity index (χ0n) is 10.4. The van der Waals surface area contributed by atoms with Crippen LogP contribution in [0.1, 0.15) is 11.1 Å². The number of thiocarbonyl (C=S) groups is 1. The Bertz CT molecular complexity index is 465. The molecule has 18 heavy (non-hydrogen) atoms. The van der Waals surface area contributed by atoms with Crippen LogP contribution in [-0.2, 0) is 11.3 Å². The van der Waals surface area contributed by atoms with E-state index in [9.17, 15) is 9.18 Å². The zero-order valence-corrected chi connectivity index (χ0v) is 11.2. The molecule has 0 saturated heterocycles. The number of rotatable bonds is 5. The number of nitrogens with one attached hydrogen (secondary N) is 1. The standard InChI is InChI=1S/C12H16FN3OS/c1-15-11(17)7-16(2)6-8-3-4-9(13)5-10(8)12(14)18/h3-5H,6-7H2,1-2H3,(H2,14,18)(H,15,17). The van der Waals surface area contributed by atoms with Crippen LogP contribution in [0.4, 0.5) is 4.39 Å². The number of carbonyl (C=O) groups excluding carboxylic acids is 1. The lowest BCUT2D eigenvalue weighted by Gasteiger charge is -2.17. The van der Waals surface area contributed by atoms with Crippen LogP contribution in [0.3, 0.4) is 0 Å². The first-order valence-electron chi connectivity index (χ1n) is 5.41. The minimum Gasteiger partial charge on any atom is -0.389 e. The highest BCUT2D eigenvalue weighted by molar-refractivity contribution is 7.80. The Hall–Kier alpha value is -1.53. The molecule has 0 bridgehead atoms. The van der Waals surface area contributed by atoms with Crippen LogP contribution in [0, 0.1) is 5.82 Å². The number of benzene rings is 1. The van der Waals surface area contributed by atoms with Crippen molar-refractivity contribution in [3.05, 3.63) is 35.1 Å². The van der Waals surface area contributed by atoms with E-state index in [1.165, 1.54) is 12.1 Å². The van der Waals surface area contributed by atoms with Crippen molar-refractivity contribution in [2.75, 3.05) is 20.6 Å². The Labute approximate surface area is 111 Å². The van der Waals surface area contributed by atoms with E-state index in [1.807, 2.05) is 0 Å². The van der Waals surface area contributed by atoms with Gasteiger partial charge in [-0.05, 0) is 24.7 Å². The third-order valence-electron chi connectivity index (χ3n) is 2.47. The molecule has 0 spiro atoms. The van der Waals surface area contributed by atoms with Gasteiger partial charge in [-0.3, -0.25) is 9.69 Å². The summed E-state index contributed by atoms with van der Waals surface area (Å²) in [4.78, 5) is 13.2. The highest BCUT2D eigenvalue weighted by atomic mass is 32.1. The fourth-order valence-corrected chi connectivity index (χ4v) is 1.78. The van der Waals surface area contributed by atoms with E-state index in [1.54, 1.807) is 25.1 Å². The first-order chi connectivity index (χ1) is 8.43. The van der Waals surface area contributed by atoms with Crippen molar-refractivity contribution in [3.63, 3.8) is 0 Å². The van der Waals surface area contributed by atoms with Crippen molar-refractivity contribution < 1.29 is 9.18 Å². The average molecular weight is 269 g/mol. The van der Waals surface area contributed by atoms with Crippen LogP contribution < -0.4 is 11.1 Å². The normalized spacial score (nSPS) is 10.4. The van der Waals surface area contributed by atoms with Crippen LogP contribution in [0.5, 0.6) is 0 Å². The quantitative estimate of drug-likeness (QED) is 0.770. The van der Waals surface area contributed by atoms with Gasteiger partial charge < -0.3 is 11.1 Å². The van der Waals surface area contributed by atoms with E-state index in [-0.39, 0.29) is 23.3 Å². The highest BCUT2D eigenvalue weighted by Crippen LogP contribution is 2.13. The molecule has 4 nitrogen and oxygen atoms in total. The van der Waals surface area contributed by atoms with Crippen LogP contribution in [0.15, 0.2) is 18.2 Å². The van der Waals surface area contributed by atoms with Crippen molar-refractivity contribution in [2.24, 2.45) is 5.73 Å². The summed E-state index contributed by atoms with van der Waals surface area (Å²) in [5, 5.41) is 2.54. The molecule has 1 amide bonds. The van der Waals surface area contributed by atoms with Crippen molar-refractivity contribution in [1.82, 2.24) is 10.2 Å². The largest absolute Gasteiger partial charge is 0.389 e. The number of nitrogens with two attached hydrogens (primary N) is 1. The van der Waals surface area contributed by atoms with Gasteiger partial charge in [-0.2, -0.15) is 0 Å². The molecular formula is C12H16FN3OS. The summed E-state index contributed by atoms with van der Waals surface area (Å²) in [5.41, 5.74) is 6.86. The number of hydrogen-bond donors (Lipinski definition) is 2. The Morgan fingerprint density at radius 3 is 2.78 bits per heavy atom. The summed E-state index contributed by atoms with van der Waals surface area (Å²) >= 11 is 4.89. The fraction of sp³-hybridized carbons (Fsp3) is 0.333. The van der Waals surface area contributed by atoms with Gasteiger partial charge in [0.25, 0.3) is 0 Å². The van der Waals surface area contributed by atoms with Crippen LogP contribution in [0.2, 0.25) is 0 Å². The molecule has 0 aromatic heterocycles. The van der Waals surface area contributed by atoms with E-state index in [4.69, 9.17) is 18.0 Å². The topological polar surface area (TPSA) is 58.4 Å². The smallest absolute Gasteiger partial charge is 0.233 e. The number of amides is 1. The fourth-order valence-electron chi connectivity index (χ4n) is 1.59. The van der Waals surface area contributed by atoms with Crippen LogP contribution >= 0.6 is 12.2 Å². The predicted molar refractivity (Wildman–Crippen MR) is 72.7 cm³/mol. The molecule has 0 atom stereocenters. The van der Waals surface area contributed by atoms with Gasteiger partial charge in [0.05, 0.1) is 6.54 Å². The second kappa shape index (κ2) is 6.42. The molecule has 0 aliphatic carbocycles. The van der Waals surface area contributed by atoms with Crippen LogP contribution in [-0.4, -0.2) is 36.4 Å². The lowest BCUT2D eigenvalue weighted by atomic mass is 10.1. The number of likely N-dealkylation sites (N-methyl/N-ethyl adjacent to an activating group) is 2. The molecule has 0 heterocycles. The Balaban J connectivity index is 2.84. The van der Waals surface area contributed by atoms with E-state index in [0.717, 1.165) is 5.56 Å². The predicted octanol–water partition coefficient (Wildman–Crippen LogP) is 0.638. The maximum Gasteiger partial charge on any atom is 0.233 e. The van der Waals surface area contributed by atoms with Crippen molar-refractivity contribution >= 4 is 23.1 Å². The SMILES string of the molecule is CNC(=O)CN(C)Cc1ccc(F)cc1C(N)=S. The molecular weight excluding hydrogens is 253 g/mol. The van der Waals surface area contributed by atoms with E-state index >= 15 is 0 Å². The lowest BCUT2D eigenvalue weighted by Crippen LogP contribution is -2.33. The third kappa shape index (κ3) is 4.05. The Kier molecular flexibility index (Phi) is 5.18. The number of carbonyl (C=O) groups is 1. The van der Waals surface area contributed by atoms with Gasteiger partial charge in [0.2, 0.25) is 5.91 Å². The minimum atomic E-state index is -0.379. The second-order valence-corrected chi connectivity index (χ2v) is 4.45. The zero-order chi connectivity index (χ0) is 13.7. The first-order valence-corrected chi connectivity index (χ1v) is 5.82. The van der Waals surface area contributed by atoms with E-state index in [0.29, 0.717) is 12.1 Å². The molecule has 0 radical (unpaired) electrons. The maximum atomic E-state index is 13.1. The molecule has 0 aliphatic heterocycles. The third-order valence-corrected chi connectivity index (χ3v) is 2.69. The molecule has 6 heteroatoms. The molecule has 0 aliphatic rings. The van der Waals surface area contributed by atoms with Crippen molar-refractivity contribution in [3.8, 4) is 0 Å². The molecule has 0 fully saturated rings. The van der Waals surface area contributed by atoms with Gasteiger partial charge in [-0.25, -0.2) is 4.39 Å². The number of halogens is 1. The molecule has 1 rings (SSSR count). The molecule has 0 saturated carbocycles. The summed E-state index contributed by atoms with van der Waals surface area (Å²) in [6.07, 6.45) is 0. The van der Waals surface area contributed by atoms with Gasteiger partial charge in [-0.15, -0.1) is 0 Å². The molecule has 0 unspecified atom stereocenters. The second-order valence-electron chi connectivity index (χ2n) is 4.01. The van der Waals surface area contributed by atoms with Gasteiger partial charge in [0.15, 0.2) is 0 Å².